The van der Waals surface area contributed by atoms with Gasteiger partial charge in [-0.3, -0.25) is 4.79 Å². The number of fused-ring (bicyclic) bond motifs is 1. The highest BCUT2D eigenvalue weighted by Crippen LogP contribution is 2.26. The van der Waals surface area contributed by atoms with Crippen LogP contribution in [0.4, 0.5) is 0 Å². The Hall–Kier alpha value is -2.29. The largest absolute Gasteiger partial charge is 0.430 e. The molecule has 0 aliphatic carbocycles. The lowest BCUT2D eigenvalue weighted by Crippen LogP contribution is -1.97. The van der Waals surface area contributed by atoms with Gasteiger partial charge in [-0.15, -0.1) is 0 Å². The summed E-state index contributed by atoms with van der Waals surface area (Å²) in [6.45, 7) is 1.73. The lowest BCUT2D eigenvalue weighted by Gasteiger charge is -1.93. The van der Waals surface area contributed by atoms with Crippen LogP contribution >= 0.6 is 0 Å². The van der Waals surface area contributed by atoms with Crippen LogP contribution in [0.25, 0.3) is 22.5 Å². The molecular weight excluding hydrogens is 216 g/mol. The van der Waals surface area contributed by atoms with Crippen LogP contribution < -0.4 is 5.43 Å². The minimum absolute atomic E-state index is 0.0744. The first-order valence-electron chi connectivity index (χ1n) is 5.34. The summed E-state index contributed by atoms with van der Waals surface area (Å²) in [6.07, 6.45) is 0. The number of aryl methyl sites for hydroxylation is 1. The van der Waals surface area contributed by atoms with Crippen LogP contribution in [0.2, 0.25) is 0 Å². The molecule has 3 heteroatoms. The van der Waals surface area contributed by atoms with E-state index in [0.717, 1.165) is 5.56 Å². The smallest absolute Gasteiger partial charge is 0.301 e. The fourth-order valence-electron chi connectivity index (χ4n) is 1.80. The van der Waals surface area contributed by atoms with Crippen molar-refractivity contribution in [2.75, 3.05) is 0 Å². The van der Waals surface area contributed by atoms with Crippen LogP contribution in [0.3, 0.4) is 0 Å². The van der Waals surface area contributed by atoms with Crippen molar-refractivity contribution in [1.29, 1.82) is 0 Å². The molecule has 2 heterocycles. The third-order valence-corrected chi connectivity index (χ3v) is 2.61. The molecule has 1 aromatic carbocycles. The molecule has 3 rings (SSSR count). The normalized spacial score (nSPS) is 10.9. The molecule has 0 unspecified atom stereocenters. The highest BCUT2D eigenvalue weighted by molar-refractivity contribution is 5.78. The molecule has 0 amide bonds. The van der Waals surface area contributed by atoms with Crippen molar-refractivity contribution in [2.45, 2.75) is 6.92 Å². The second-order valence-electron chi connectivity index (χ2n) is 3.90. The molecule has 0 aliphatic heterocycles. The average molecular weight is 226 g/mol. The number of rotatable bonds is 1. The Morgan fingerprint density at radius 3 is 2.53 bits per heavy atom. The van der Waals surface area contributed by atoms with E-state index in [1.54, 1.807) is 13.0 Å². The van der Waals surface area contributed by atoms with Crippen molar-refractivity contribution < 1.29 is 8.83 Å². The van der Waals surface area contributed by atoms with Crippen molar-refractivity contribution in [2.24, 2.45) is 0 Å². The summed E-state index contributed by atoms with van der Waals surface area (Å²) in [5.74, 6) is 1.48. The average Bonchev–Trinajstić information content (AvgIpc) is 2.74. The molecule has 0 saturated carbocycles. The Morgan fingerprint density at radius 1 is 1.00 bits per heavy atom. The van der Waals surface area contributed by atoms with Gasteiger partial charge < -0.3 is 8.83 Å². The van der Waals surface area contributed by atoms with Crippen LogP contribution in [0.15, 0.2) is 56.1 Å². The summed E-state index contributed by atoms with van der Waals surface area (Å²) >= 11 is 0. The molecule has 3 nitrogen and oxygen atoms in total. The number of furan rings is 1. The minimum Gasteiger partial charge on any atom is -0.430 e. The van der Waals surface area contributed by atoms with E-state index in [9.17, 15) is 4.79 Å². The van der Waals surface area contributed by atoms with Gasteiger partial charge in [0.05, 0.1) is 0 Å². The van der Waals surface area contributed by atoms with Crippen LogP contribution in [0.5, 0.6) is 0 Å². The van der Waals surface area contributed by atoms with E-state index >= 15 is 0 Å². The Labute approximate surface area is 97.3 Å². The van der Waals surface area contributed by atoms with Gasteiger partial charge >= 0.3 is 5.78 Å². The second kappa shape index (κ2) is 3.63. The fraction of sp³-hybridized carbons (Fsp3) is 0.0714. The molecular formula is C14H10O3. The lowest BCUT2D eigenvalue weighted by molar-refractivity contribution is 0.459. The van der Waals surface area contributed by atoms with Crippen LogP contribution in [0, 0.1) is 6.92 Å². The van der Waals surface area contributed by atoms with E-state index in [1.807, 2.05) is 30.3 Å². The zero-order chi connectivity index (χ0) is 11.8. The van der Waals surface area contributed by atoms with E-state index in [-0.39, 0.29) is 11.2 Å². The van der Waals surface area contributed by atoms with Crippen molar-refractivity contribution in [3.63, 3.8) is 0 Å². The van der Waals surface area contributed by atoms with Gasteiger partial charge in [0, 0.05) is 11.6 Å². The highest BCUT2D eigenvalue weighted by atomic mass is 16.5. The summed E-state index contributed by atoms with van der Waals surface area (Å²) in [7, 11) is 0. The SMILES string of the molecule is Cc1cc(=O)c2cc(-c3ccccc3)oc2o1. The molecule has 0 saturated heterocycles. The second-order valence-corrected chi connectivity index (χ2v) is 3.90. The first-order valence-corrected chi connectivity index (χ1v) is 5.34. The molecule has 0 bridgehead atoms. The van der Waals surface area contributed by atoms with E-state index in [2.05, 4.69) is 0 Å². The Kier molecular flexibility index (Phi) is 2.11. The molecule has 2 aromatic heterocycles. The molecule has 3 aromatic rings. The van der Waals surface area contributed by atoms with Crippen LogP contribution in [-0.2, 0) is 0 Å². The molecule has 0 radical (unpaired) electrons. The monoisotopic (exact) mass is 226 g/mol. The lowest BCUT2D eigenvalue weighted by atomic mass is 10.1. The van der Waals surface area contributed by atoms with E-state index in [4.69, 9.17) is 8.83 Å². The van der Waals surface area contributed by atoms with Gasteiger partial charge in [-0.1, -0.05) is 30.3 Å². The van der Waals surface area contributed by atoms with E-state index in [0.29, 0.717) is 16.9 Å². The first kappa shape index (κ1) is 9.90. The summed E-state index contributed by atoms with van der Waals surface area (Å²) in [6, 6.07) is 12.8. The summed E-state index contributed by atoms with van der Waals surface area (Å²) in [5.41, 5.74) is 0.852. The maximum absolute atomic E-state index is 11.7. The third kappa shape index (κ3) is 1.65. The van der Waals surface area contributed by atoms with Gasteiger partial charge in [-0.25, -0.2) is 0 Å². The standard InChI is InChI=1S/C14H10O3/c1-9-7-12(15)11-8-13(17-14(11)16-9)10-5-3-2-4-6-10/h2-8H,1H3. The molecule has 0 fully saturated rings. The van der Waals surface area contributed by atoms with Crippen molar-refractivity contribution in [3.8, 4) is 11.3 Å². The van der Waals surface area contributed by atoms with Crippen LogP contribution in [0.1, 0.15) is 5.76 Å². The van der Waals surface area contributed by atoms with Gasteiger partial charge in [0.15, 0.2) is 5.43 Å². The number of benzene rings is 1. The van der Waals surface area contributed by atoms with Crippen molar-refractivity contribution in [3.05, 3.63) is 58.4 Å². The molecule has 0 atom stereocenters. The third-order valence-electron chi connectivity index (χ3n) is 2.61. The van der Waals surface area contributed by atoms with Gasteiger partial charge in [-0.05, 0) is 13.0 Å². The maximum atomic E-state index is 11.7. The summed E-state index contributed by atoms with van der Waals surface area (Å²) in [4.78, 5) is 11.7. The van der Waals surface area contributed by atoms with Crippen molar-refractivity contribution in [1.82, 2.24) is 0 Å². The van der Waals surface area contributed by atoms with E-state index in [1.165, 1.54) is 6.07 Å². The zero-order valence-electron chi connectivity index (χ0n) is 9.27. The van der Waals surface area contributed by atoms with E-state index < -0.39 is 0 Å². The summed E-state index contributed by atoms with van der Waals surface area (Å²) in [5, 5.41) is 0.481. The van der Waals surface area contributed by atoms with Crippen molar-refractivity contribution >= 4 is 11.2 Å². The molecule has 17 heavy (non-hydrogen) atoms. The molecule has 0 spiro atoms. The van der Waals surface area contributed by atoms with Gasteiger partial charge in [0.2, 0.25) is 0 Å². The molecule has 0 N–H and O–H groups in total. The quantitative estimate of drug-likeness (QED) is 0.639. The Balaban J connectivity index is 2.28. The minimum atomic E-state index is -0.0744. The maximum Gasteiger partial charge on any atom is 0.301 e. The predicted molar refractivity (Wildman–Crippen MR) is 64.9 cm³/mol. The Bertz CT molecular complexity index is 720. The topological polar surface area (TPSA) is 43.4 Å². The number of hydrogen-bond donors (Lipinski definition) is 0. The van der Waals surface area contributed by atoms with Gasteiger partial charge in [0.1, 0.15) is 16.9 Å². The first-order chi connectivity index (χ1) is 8.24. The summed E-state index contributed by atoms with van der Waals surface area (Å²) < 4.78 is 10.9. The highest BCUT2D eigenvalue weighted by Gasteiger charge is 2.10. The zero-order valence-corrected chi connectivity index (χ0v) is 9.27. The molecule has 84 valence electrons. The Morgan fingerprint density at radius 2 is 1.76 bits per heavy atom. The van der Waals surface area contributed by atoms with Gasteiger partial charge in [0.25, 0.3) is 0 Å². The molecule has 0 aliphatic rings. The number of hydrogen-bond acceptors (Lipinski definition) is 3. The van der Waals surface area contributed by atoms with Gasteiger partial charge in [-0.2, -0.15) is 0 Å². The predicted octanol–water partition coefficient (Wildman–Crippen LogP) is 3.36. The fourth-order valence-corrected chi connectivity index (χ4v) is 1.80. The van der Waals surface area contributed by atoms with Crippen LogP contribution in [-0.4, -0.2) is 0 Å².